The molecule has 7 heteroatoms. The maximum atomic E-state index is 12.3. The van der Waals surface area contributed by atoms with Crippen molar-refractivity contribution in [2.24, 2.45) is 5.92 Å². The molecule has 0 aromatic carbocycles. The lowest BCUT2D eigenvalue weighted by molar-refractivity contribution is -0.150. The molecule has 2 heterocycles. The third-order valence-electron chi connectivity index (χ3n) is 3.76. The Labute approximate surface area is 121 Å². The fourth-order valence-corrected chi connectivity index (χ4v) is 2.57. The Balaban J connectivity index is 1.67. The molecule has 0 unspecified atom stereocenters. The third-order valence-corrected chi connectivity index (χ3v) is 3.76. The van der Waals surface area contributed by atoms with Gasteiger partial charge in [-0.1, -0.05) is 0 Å². The lowest BCUT2D eigenvalue weighted by Gasteiger charge is -2.32. The van der Waals surface area contributed by atoms with Crippen LogP contribution in [0.4, 0.5) is 13.2 Å². The largest absolute Gasteiger partial charge is 0.501 e. The predicted molar refractivity (Wildman–Crippen MR) is 69.4 cm³/mol. The van der Waals surface area contributed by atoms with Crippen LogP contribution in [-0.4, -0.2) is 49.9 Å². The minimum Gasteiger partial charge on any atom is -0.501 e. The number of ether oxygens (including phenoxy) is 2. The van der Waals surface area contributed by atoms with Crippen LogP contribution in [0.1, 0.15) is 25.7 Å². The third kappa shape index (κ3) is 5.57. The van der Waals surface area contributed by atoms with Crippen LogP contribution in [-0.2, 0) is 14.3 Å². The van der Waals surface area contributed by atoms with Crippen LogP contribution < -0.4 is 0 Å². The topological polar surface area (TPSA) is 38.8 Å². The molecule has 2 aliphatic rings. The molecule has 0 aromatic heterocycles. The summed E-state index contributed by atoms with van der Waals surface area (Å²) >= 11 is 0. The van der Waals surface area contributed by atoms with Crippen molar-refractivity contribution in [2.75, 3.05) is 32.8 Å². The molecule has 0 N–H and O–H groups in total. The van der Waals surface area contributed by atoms with E-state index >= 15 is 0 Å². The van der Waals surface area contributed by atoms with Crippen LogP contribution in [0.25, 0.3) is 0 Å². The van der Waals surface area contributed by atoms with E-state index in [1.54, 1.807) is 0 Å². The Morgan fingerprint density at radius 3 is 2.67 bits per heavy atom. The summed E-state index contributed by atoms with van der Waals surface area (Å²) in [6.07, 6.45) is 0.00195. The van der Waals surface area contributed by atoms with Crippen molar-refractivity contribution in [3.63, 3.8) is 0 Å². The molecule has 0 aliphatic carbocycles. The SMILES string of the molecule is O=C(OCC1CCN(CC(F)(F)F)CC1)C1=COCCC1. The van der Waals surface area contributed by atoms with Gasteiger partial charge in [-0.25, -0.2) is 4.79 Å². The monoisotopic (exact) mass is 307 g/mol. The summed E-state index contributed by atoms with van der Waals surface area (Å²) in [6, 6.07) is 0. The number of hydrogen-bond acceptors (Lipinski definition) is 4. The molecule has 0 amide bonds. The van der Waals surface area contributed by atoms with Crippen molar-refractivity contribution in [1.29, 1.82) is 0 Å². The van der Waals surface area contributed by atoms with Gasteiger partial charge in [-0.15, -0.1) is 0 Å². The molecule has 21 heavy (non-hydrogen) atoms. The fraction of sp³-hybridized carbons (Fsp3) is 0.786. The highest BCUT2D eigenvalue weighted by molar-refractivity contribution is 5.88. The zero-order chi connectivity index (χ0) is 15.3. The van der Waals surface area contributed by atoms with Crippen molar-refractivity contribution < 1.29 is 27.4 Å². The quantitative estimate of drug-likeness (QED) is 0.748. The lowest BCUT2D eigenvalue weighted by Crippen LogP contribution is -2.41. The molecule has 1 saturated heterocycles. The van der Waals surface area contributed by atoms with Gasteiger partial charge in [-0.2, -0.15) is 13.2 Å². The zero-order valence-corrected chi connectivity index (χ0v) is 11.8. The van der Waals surface area contributed by atoms with Crippen molar-refractivity contribution in [2.45, 2.75) is 31.9 Å². The van der Waals surface area contributed by atoms with Gasteiger partial charge < -0.3 is 9.47 Å². The summed E-state index contributed by atoms with van der Waals surface area (Å²) in [7, 11) is 0. The van der Waals surface area contributed by atoms with E-state index < -0.39 is 12.7 Å². The average molecular weight is 307 g/mol. The number of rotatable bonds is 4. The van der Waals surface area contributed by atoms with Crippen molar-refractivity contribution in [3.05, 3.63) is 11.8 Å². The second-order valence-corrected chi connectivity index (χ2v) is 5.55. The number of carbonyl (C=O) groups excluding carboxylic acids is 1. The van der Waals surface area contributed by atoms with E-state index in [0.717, 1.165) is 6.42 Å². The first-order chi connectivity index (χ1) is 9.94. The van der Waals surface area contributed by atoms with E-state index in [1.165, 1.54) is 11.2 Å². The number of halogens is 3. The van der Waals surface area contributed by atoms with Gasteiger partial charge in [0.15, 0.2) is 0 Å². The van der Waals surface area contributed by atoms with Gasteiger partial charge in [0.2, 0.25) is 0 Å². The van der Waals surface area contributed by atoms with E-state index in [9.17, 15) is 18.0 Å². The summed E-state index contributed by atoms with van der Waals surface area (Å²) in [4.78, 5) is 13.2. The number of nitrogens with zero attached hydrogens (tertiary/aromatic N) is 1. The number of piperidine rings is 1. The van der Waals surface area contributed by atoms with Crippen LogP contribution in [0.15, 0.2) is 11.8 Å². The minimum absolute atomic E-state index is 0.142. The van der Waals surface area contributed by atoms with E-state index in [-0.39, 0.29) is 18.5 Å². The highest BCUT2D eigenvalue weighted by atomic mass is 19.4. The summed E-state index contributed by atoms with van der Waals surface area (Å²) in [5.74, 6) is -0.226. The highest BCUT2D eigenvalue weighted by Gasteiger charge is 2.32. The molecule has 0 radical (unpaired) electrons. The molecule has 0 spiro atoms. The van der Waals surface area contributed by atoms with Gasteiger partial charge >= 0.3 is 12.1 Å². The minimum atomic E-state index is -4.15. The van der Waals surface area contributed by atoms with E-state index in [1.807, 2.05) is 0 Å². The standard InChI is InChI=1S/C14H20F3NO3/c15-14(16,17)10-18-5-3-11(4-6-18)8-21-13(19)12-2-1-7-20-9-12/h9,11H,1-8,10H2. The maximum absolute atomic E-state index is 12.3. The van der Waals surface area contributed by atoms with Gasteiger partial charge in [-0.3, -0.25) is 4.90 Å². The van der Waals surface area contributed by atoms with Crippen LogP contribution in [0.2, 0.25) is 0 Å². The smallest absolute Gasteiger partial charge is 0.401 e. The number of carbonyl (C=O) groups is 1. The fourth-order valence-electron chi connectivity index (χ4n) is 2.57. The lowest BCUT2D eigenvalue weighted by atomic mass is 9.98. The molecular weight excluding hydrogens is 287 g/mol. The Hall–Kier alpha value is -1.24. The number of esters is 1. The molecule has 120 valence electrons. The first kappa shape index (κ1) is 16.1. The highest BCUT2D eigenvalue weighted by Crippen LogP contribution is 2.23. The second kappa shape index (κ2) is 7.15. The van der Waals surface area contributed by atoms with Gasteiger partial charge in [0.25, 0.3) is 0 Å². The summed E-state index contributed by atoms with van der Waals surface area (Å²) < 4.78 is 47.1. The normalized spacial score (nSPS) is 21.6. The van der Waals surface area contributed by atoms with Crippen molar-refractivity contribution in [3.8, 4) is 0 Å². The number of hydrogen-bond donors (Lipinski definition) is 0. The predicted octanol–water partition coefficient (Wildman–Crippen LogP) is 2.50. The van der Waals surface area contributed by atoms with E-state index in [4.69, 9.17) is 9.47 Å². The van der Waals surface area contributed by atoms with Crippen molar-refractivity contribution in [1.82, 2.24) is 4.90 Å². The van der Waals surface area contributed by atoms with Crippen molar-refractivity contribution >= 4 is 5.97 Å². The van der Waals surface area contributed by atoms with Crippen LogP contribution >= 0.6 is 0 Å². The molecule has 1 fully saturated rings. The van der Waals surface area contributed by atoms with E-state index in [0.29, 0.717) is 44.5 Å². The Kier molecular flexibility index (Phi) is 5.50. The first-order valence-corrected chi connectivity index (χ1v) is 7.21. The van der Waals surface area contributed by atoms with Crippen LogP contribution in [0, 0.1) is 5.92 Å². The average Bonchev–Trinajstić information content (AvgIpc) is 2.45. The Morgan fingerprint density at radius 1 is 1.38 bits per heavy atom. The molecule has 0 saturated carbocycles. The van der Waals surface area contributed by atoms with Crippen LogP contribution in [0.3, 0.4) is 0 Å². The molecular formula is C14H20F3NO3. The summed E-state index contributed by atoms with van der Waals surface area (Å²) in [6.45, 7) is 0.829. The summed E-state index contributed by atoms with van der Waals surface area (Å²) in [5, 5.41) is 0. The molecule has 0 aromatic rings. The molecule has 0 atom stereocenters. The zero-order valence-electron chi connectivity index (χ0n) is 11.8. The second-order valence-electron chi connectivity index (χ2n) is 5.55. The first-order valence-electron chi connectivity index (χ1n) is 7.21. The Morgan fingerprint density at radius 2 is 2.10 bits per heavy atom. The molecule has 2 rings (SSSR count). The molecule has 2 aliphatic heterocycles. The van der Waals surface area contributed by atoms with Gasteiger partial charge in [0, 0.05) is 0 Å². The summed E-state index contributed by atoms with van der Waals surface area (Å²) in [5.41, 5.74) is 0.538. The van der Waals surface area contributed by atoms with Gasteiger partial charge in [-0.05, 0) is 44.7 Å². The number of alkyl halides is 3. The van der Waals surface area contributed by atoms with Gasteiger partial charge in [0.1, 0.15) is 0 Å². The Bertz CT molecular complexity index is 387. The molecule has 4 nitrogen and oxygen atoms in total. The molecule has 0 bridgehead atoms. The van der Waals surface area contributed by atoms with Gasteiger partial charge in [0.05, 0.1) is 31.6 Å². The van der Waals surface area contributed by atoms with Crippen LogP contribution in [0.5, 0.6) is 0 Å². The number of likely N-dealkylation sites (tertiary alicyclic amines) is 1. The van der Waals surface area contributed by atoms with E-state index in [2.05, 4.69) is 0 Å². The maximum Gasteiger partial charge on any atom is 0.401 e.